The maximum absolute atomic E-state index is 11.0. The summed E-state index contributed by atoms with van der Waals surface area (Å²) in [5.41, 5.74) is 1.49. The van der Waals surface area contributed by atoms with Crippen LogP contribution in [0.4, 0.5) is 5.69 Å². The van der Waals surface area contributed by atoms with E-state index >= 15 is 0 Å². The molecule has 0 aliphatic heterocycles. The molecular formula is C9H10BrNO2. The van der Waals surface area contributed by atoms with Gasteiger partial charge in [0.15, 0.2) is 0 Å². The zero-order chi connectivity index (χ0) is 9.68. The van der Waals surface area contributed by atoms with Crippen LogP contribution in [0.3, 0.4) is 0 Å². The second-order valence-corrected chi connectivity index (χ2v) is 3.10. The number of rotatable bonds is 3. The Labute approximate surface area is 84.9 Å². The van der Waals surface area contributed by atoms with Crippen LogP contribution in [-0.2, 0) is 11.4 Å². The molecule has 13 heavy (non-hydrogen) atoms. The lowest BCUT2D eigenvalue weighted by molar-refractivity contribution is -0.113. The third kappa shape index (κ3) is 3.16. The number of aliphatic hydroxyl groups excluding tert-OH is 1. The predicted octanol–water partition coefficient (Wildman–Crippen LogP) is 1.51. The van der Waals surface area contributed by atoms with Gasteiger partial charge in [-0.1, -0.05) is 28.1 Å². The van der Waals surface area contributed by atoms with E-state index in [1.54, 1.807) is 24.3 Å². The highest BCUT2D eigenvalue weighted by Gasteiger charge is 1.99. The van der Waals surface area contributed by atoms with Crippen LogP contribution >= 0.6 is 15.9 Å². The van der Waals surface area contributed by atoms with Gasteiger partial charge in [-0.25, -0.2) is 0 Å². The van der Waals surface area contributed by atoms with Crippen molar-refractivity contribution in [2.24, 2.45) is 0 Å². The van der Waals surface area contributed by atoms with Crippen molar-refractivity contribution in [2.75, 3.05) is 10.6 Å². The Balaban J connectivity index is 2.71. The molecule has 0 aliphatic carbocycles. The molecule has 0 radical (unpaired) electrons. The number of alkyl halides is 1. The lowest BCUT2D eigenvalue weighted by Crippen LogP contribution is -2.12. The first kappa shape index (κ1) is 10.2. The standard InChI is InChI=1S/C9H10BrNO2/c10-5-9(13)11-8-3-1-2-7(4-8)6-12/h1-4,12H,5-6H2,(H,11,13). The van der Waals surface area contributed by atoms with Gasteiger partial charge in [0.05, 0.1) is 11.9 Å². The molecule has 0 fully saturated rings. The van der Waals surface area contributed by atoms with Crippen molar-refractivity contribution in [3.8, 4) is 0 Å². The fraction of sp³-hybridized carbons (Fsp3) is 0.222. The molecule has 70 valence electrons. The molecule has 1 rings (SSSR count). The van der Waals surface area contributed by atoms with E-state index in [2.05, 4.69) is 21.2 Å². The molecule has 4 heteroatoms. The zero-order valence-corrected chi connectivity index (χ0v) is 8.54. The summed E-state index contributed by atoms with van der Waals surface area (Å²) in [6.45, 7) is -0.0159. The summed E-state index contributed by atoms with van der Waals surface area (Å²) in [6.07, 6.45) is 0. The van der Waals surface area contributed by atoms with Gasteiger partial charge in [0.1, 0.15) is 0 Å². The topological polar surface area (TPSA) is 49.3 Å². The summed E-state index contributed by atoms with van der Waals surface area (Å²) in [4.78, 5) is 11.0. The van der Waals surface area contributed by atoms with Crippen molar-refractivity contribution < 1.29 is 9.90 Å². The molecule has 3 nitrogen and oxygen atoms in total. The van der Waals surface area contributed by atoms with Crippen LogP contribution in [-0.4, -0.2) is 16.3 Å². The van der Waals surface area contributed by atoms with Crippen LogP contribution in [0.2, 0.25) is 0 Å². The highest BCUT2D eigenvalue weighted by molar-refractivity contribution is 9.09. The number of nitrogens with one attached hydrogen (secondary N) is 1. The van der Waals surface area contributed by atoms with Crippen LogP contribution in [0.5, 0.6) is 0 Å². The first-order valence-corrected chi connectivity index (χ1v) is 4.94. The molecule has 0 saturated carbocycles. The number of halogens is 1. The average Bonchev–Trinajstić information content (AvgIpc) is 2.18. The van der Waals surface area contributed by atoms with Gasteiger partial charge in [-0.2, -0.15) is 0 Å². The Hall–Kier alpha value is -0.870. The minimum atomic E-state index is -0.102. The van der Waals surface area contributed by atoms with E-state index in [-0.39, 0.29) is 17.8 Å². The Morgan fingerprint density at radius 3 is 2.92 bits per heavy atom. The number of carbonyl (C=O) groups excluding carboxylic acids is 1. The van der Waals surface area contributed by atoms with Crippen molar-refractivity contribution in [3.05, 3.63) is 29.8 Å². The Bertz CT molecular complexity index is 301. The average molecular weight is 244 g/mol. The van der Waals surface area contributed by atoms with Crippen LogP contribution in [0.15, 0.2) is 24.3 Å². The van der Waals surface area contributed by atoms with Gasteiger partial charge in [0.25, 0.3) is 0 Å². The summed E-state index contributed by atoms with van der Waals surface area (Å²) in [7, 11) is 0. The molecule has 0 atom stereocenters. The molecule has 0 aliphatic rings. The highest BCUT2D eigenvalue weighted by Crippen LogP contribution is 2.10. The fourth-order valence-electron chi connectivity index (χ4n) is 0.942. The van der Waals surface area contributed by atoms with Crippen LogP contribution in [0.25, 0.3) is 0 Å². The molecule has 2 N–H and O–H groups in total. The van der Waals surface area contributed by atoms with E-state index in [0.29, 0.717) is 5.69 Å². The SMILES string of the molecule is O=C(CBr)Nc1cccc(CO)c1. The van der Waals surface area contributed by atoms with Gasteiger partial charge in [-0.05, 0) is 17.7 Å². The van der Waals surface area contributed by atoms with Gasteiger partial charge in [-0.3, -0.25) is 4.79 Å². The minimum absolute atomic E-state index is 0.0159. The van der Waals surface area contributed by atoms with Crippen molar-refractivity contribution in [3.63, 3.8) is 0 Å². The van der Waals surface area contributed by atoms with E-state index in [1.807, 2.05) is 0 Å². The van der Waals surface area contributed by atoms with Crippen LogP contribution in [0.1, 0.15) is 5.56 Å². The first-order valence-electron chi connectivity index (χ1n) is 3.82. The van der Waals surface area contributed by atoms with Gasteiger partial charge in [-0.15, -0.1) is 0 Å². The lowest BCUT2D eigenvalue weighted by atomic mass is 10.2. The van der Waals surface area contributed by atoms with Gasteiger partial charge in [0, 0.05) is 5.69 Å². The van der Waals surface area contributed by atoms with E-state index in [0.717, 1.165) is 5.56 Å². The summed E-state index contributed by atoms with van der Waals surface area (Å²) < 4.78 is 0. The van der Waals surface area contributed by atoms with Gasteiger partial charge >= 0.3 is 0 Å². The summed E-state index contributed by atoms with van der Waals surface area (Å²) >= 11 is 3.05. The molecule has 0 unspecified atom stereocenters. The second-order valence-electron chi connectivity index (χ2n) is 2.54. The Morgan fingerprint density at radius 1 is 1.54 bits per heavy atom. The molecule has 1 aromatic carbocycles. The number of hydrogen-bond acceptors (Lipinski definition) is 2. The number of aliphatic hydroxyl groups is 1. The van der Waals surface area contributed by atoms with E-state index in [4.69, 9.17) is 5.11 Å². The fourth-order valence-corrected chi connectivity index (χ4v) is 1.08. The molecule has 0 saturated heterocycles. The van der Waals surface area contributed by atoms with Crippen LogP contribution < -0.4 is 5.32 Å². The Morgan fingerprint density at radius 2 is 2.31 bits per heavy atom. The number of amides is 1. The lowest BCUT2D eigenvalue weighted by Gasteiger charge is -2.03. The predicted molar refractivity (Wildman–Crippen MR) is 54.8 cm³/mol. The molecule has 0 spiro atoms. The Kier molecular flexibility index (Phi) is 3.92. The maximum Gasteiger partial charge on any atom is 0.235 e. The summed E-state index contributed by atoms with van der Waals surface area (Å²) in [5, 5.41) is 11.8. The minimum Gasteiger partial charge on any atom is -0.392 e. The monoisotopic (exact) mass is 243 g/mol. The third-order valence-corrected chi connectivity index (χ3v) is 2.02. The van der Waals surface area contributed by atoms with Crippen molar-refractivity contribution in [2.45, 2.75) is 6.61 Å². The maximum atomic E-state index is 11.0. The second kappa shape index (κ2) is 4.99. The van der Waals surface area contributed by atoms with Crippen molar-refractivity contribution in [1.82, 2.24) is 0 Å². The largest absolute Gasteiger partial charge is 0.392 e. The number of carbonyl (C=O) groups is 1. The first-order chi connectivity index (χ1) is 6.26. The summed E-state index contributed by atoms with van der Waals surface area (Å²) in [5.74, 6) is -0.102. The molecule has 1 aromatic rings. The van der Waals surface area contributed by atoms with E-state index in [9.17, 15) is 4.79 Å². The van der Waals surface area contributed by atoms with Gasteiger partial charge < -0.3 is 10.4 Å². The van der Waals surface area contributed by atoms with Crippen LogP contribution in [0, 0.1) is 0 Å². The molecule has 1 amide bonds. The summed E-state index contributed by atoms with van der Waals surface area (Å²) in [6, 6.07) is 7.10. The smallest absolute Gasteiger partial charge is 0.235 e. The molecule has 0 bridgehead atoms. The third-order valence-electron chi connectivity index (χ3n) is 1.51. The van der Waals surface area contributed by atoms with E-state index in [1.165, 1.54) is 0 Å². The van der Waals surface area contributed by atoms with Crippen molar-refractivity contribution in [1.29, 1.82) is 0 Å². The number of hydrogen-bond donors (Lipinski definition) is 2. The quantitative estimate of drug-likeness (QED) is 0.792. The highest BCUT2D eigenvalue weighted by atomic mass is 79.9. The molecular weight excluding hydrogens is 234 g/mol. The van der Waals surface area contributed by atoms with Crippen molar-refractivity contribution >= 4 is 27.5 Å². The number of benzene rings is 1. The molecule has 0 aromatic heterocycles. The van der Waals surface area contributed by atoms with Gasteiger partial charge in [0.2, 0.25) is 5.91 Å². The molecule has 0 heterocycles. The van der Waals surface area contributed by atoms with E-state index < -0.39 is 0 Å². The zero-order valence-electron chi connectivity index (χ0n) is 6.96. The normalized spacial score (nSPS) is 9.69. The number of anilines is 1.